The maximum Gasteiger partial charge on any atom is 0.310 e. The second kappa shape index (κ2) is 13.4. The van der Waals surface area contributed by atoms with E-state index < -0.39 is 0 Å². The van der Waals surface area contributed by atoms with Gasteiger partial charge in [0.05, 0.1) is 18.6 Å². The van der Waals surface area contributed by atoms with E-state index in [4.69, 9.17) is 9.47 Å². The van der Waals surface area contributed by atoms with Crippen LogP contribution in [-0.4, -0.2) is 61.7 Å². The number of rotatable bonds is 9. The largest absolute Gasteiger partial charge is 0.490 e. The topological polar surface area (TPSA) is 71.1 Å². The average Bonchev–Trinajstić information content (AvgIpc) is 2.89. The van der Waals surface area contributed by atoms with Gasteiger partial charge in [-0.15, -0.1) is 0 Å². The van der Waals surface area contributed by atoms with Crippen LogP contribution >= 0.6 is 0 Å². The molecule has 2 aliphatic rings. The number of nitrogens with zero attached hydrogens (tertiary/aromatic N) is 2. The molecule has 7 nitrogen and oxygen atoms in total. The van der Waals surface area contributed by atoms with Gasteiger partial charge in [0.25, 0.3) is 0 Å². The van der Waals surface area contributed by atoms with E-state index in [-0.39, 0.29) is 36.4 Å². The minimum Gasteiger partial charge on any atom is -0.490 e. The van der Waals surface area contributed by atoms with Crippen molar-refractivity contribution >= 4 is 17.6 Å². The Morgan fingerprint density at radius 2 is 1.87 bits per heavy atom. The molecule has 7 heteroatoms. The Bertz CT molecular complexity index is 1130. The molecule has 1 atom stereocenters. The monoisotopic (exact) mass is 535 g/mol. The maximum atomic E-state index is 13.4. The van der Waals surface area contributed by atoms with Crippen molar-refractivity contribution in [2.75, 3.05) is 31.6 Å². The fourth-order valence-electron chi connectivity index (χ4n) is 5.68. The molecule has 1 aliphatic carbocycles. The number of ether oxygens (including phenoxy) is 2. The third kappa shape index (κ3) is 8.29. The summed E-state index contributed by atoms with van der Waals surface area (Å²) >= 11 is 0. The standard InChI is InChI=1S/C32H45N3O4/c1-22(2)38-31(36)19-25-7-6-8-30(18-25)39-29-13-10-26(11-14-29)32(37)34(5)28-12-9-27(23(3)17-28)21-35-16-15-33-24(4)20-35/h6-9,12,17-18,22,24,26,29,33H,10-11,13-16,19-21H2,1-5H3/t24-,26-,29-/m0/s1. The molecular weight excluding hydrogens is 490 g/mol. The maximum absolute atomic E-state index is 13.4. The van der Waals surface area contributed by atoms with E-state index in [9.17, 15) is 9.59 Å². The van der Waals surface area contributed by atoms with Gasteiger partial charge in [-0.1, -0.05) is 18.2 Å². The molecule has 0 unspecified atom stereocenters. The molecule has 0 bridgehead atoms. The molecule has 2 aromatic rings. The number of hydrogen-bond donors (Lipinski definition) is 1. The van der Waals surface area contributed by atoms with E-state index >= 15 is 0 Å². The summed E-state index contributed by atoms with van der Waals surface area (Å²) in [5.41, 5.74) is 4.40. The second-order valence-electron chi connectivity index (χ2n) is 11.6. The van der Waals surface area contributed by atoms with Gasteiger partial charge in [-0.3, -0.25) is 14.5 Å². The van der Waals surface area contributed by atoms with Gasteiger partial charge >= 0.3 is 5.97 Å². The number of benzene rings is 2. The molecular formula is C32H45N3O4. The molecule has 0 radical (unpaired) electrons. The van der Waals surface area contributed by atoms with E-state index in [0.29, 0.717) is 6.04 Å². The van der Waals surface area contributed by atoms with Crippen molar-refractivity contribution in [3.8, 4) is 5.75 Å². The minimum absolute atomic E-state index is 0.00862. The van der Waals surface area contributed by atoms with Crippen molar-refractivity contribution in [3.63, 3.8) is 0 Å². The summed E-state index contributed by atoms with van der Waals surface area (Å²) < 4.78 is 11.5. The van der Waals surface area contributed by atoms with Crippen LogP contribution in [-0.2, 0) is 27.3 Å². The highest BCUT2D eigenvalue weighted by Crippen LogP contribution is 2.31. The Balaban J connectivity index is 1.27. The zero-order valence-corrected chi connectivity index (χ0v) is 24.2. The van der Waals surface area contributed by atoms with Crippen LogP contribution in [0.5, 0.6) is 5.75 Å². The predicted molar refractivity (Wildman–Crippen MR) is 155 cm³/mol. The van der Waals surface area contributed by atoms with Crippen molar-refractivity contribution in [1.82, 2.24) is 10.2 Å². The van der Waals surface area contributed by atoms with Crippen LogP contribution in [0.1, 0.15) is 63.1 Å². The summed E-state index contributed by atoms with van der Waals surface area (Å²) in [5.74, 6) is 0.725. The molecule has 212 valence electrons. The summed E-state index contributed by atoms with van der Waals surface area (Å²) in [5, 5.41) is 3.50. The Hall–Kier alpha value is -2.90. The van der Waals surface area contributed by atoms with E-state index in [0.717, 1.165) is 68.9 Å². The number of aryl methyl sites for hydroxylation is 1. The molecule has 1 aliphatic heterocycles. The highest BCUT2D eigenvalue weighted by Gasteiger charge is 2.30. The highest BCUT2D eigenvalue weighted by molar-refractivity contribution is 5.94. The number of anilines is 1. The van der Waals surface area contributed by atoms with Crippen molar-refractivity contribution in [2.24, 2.45) is 5.92 Å². The highest BCUT2D eigenvalue weighted by atomic mass is 16.5. The van der Waals surface area contributed by atoms with Crippen LogP contribution in [0.3, 0.4) is 0 Å². The Morgan fingerprint density at radius 3 is 2.56 bits per heavy atom. The van der Waals surface area contributed by atoms with E-state index in [1.165, 1.54) is 11.1 Å². The van der Waals surface area contributed by atoms with Crippen molar-refractivity contribution in [2.45, 2.75) is 84.6 Å². The smallest absolute Gasteiger partial charge is 0.310 e. The minimum atomic E-state index is -0.232. The molecule has 0 aromatic heterocycles. The van der Waals surface area contributed by atoms with Crippen molar-refractivity contribution < 1.29 is 19.1 Å². The van der Waals surface area contributed by atoms with Gasteiger partial charge in [-0.25, -0.2) is 0 Å². The average molecular weight is 536 g/mol. The van der Waals surface area contributed by atoms with Crippen molar-refractivity contribution in [3.05, 3.63) is 59.2 Å². The molecule has 2 aromatic carbocycles. The molecule has 1 saturated carbocycles. The summed E-state index contributed by atoms with van der Waals surface area (Å²) in [6.07, 6.45) is 3.49. The van der Waals surface area contributed by atoms with Crippen LogP contribution < -0.4 is 15.0 Å². The quantitative estimate of drug-likeness (QED) is 0.462. The fourth-order valence-corrected chi connectivity index (χ4v) is 5.68. The summed E-state index contributed by atoms with van der Waals surface area (Å²) in [4.78, 5) is 29.7. The Labute approximate surface area is 233 Å². The zero-order valence-electron chi connectivity index (χ0n) is 24.2. The number of nitrogens with one attached hydrogen (secondary N) is 1. The number of esters is 1. The predicted octanol–water partition coefficient (Wildman–Crippen LogP) is 4.88. The van der Waals surface area contributed by atoms with E-state index in [1.54, 1.807) is 0 Å². The van der Waals surface area contributed by atoms with E-state index in [2.05, 4.69) is 42.3 Å². The normalized spacial score (nSPS) is 21.9. The molecule has 1 amide bonds. The number of hydrogen-bond acceptors (Lipinski definition) is 6. The SMILES string of the molecule is Cc1cc(N(C)C(=O)[C@H]2CC[C@H](Oc3cccc(CC(=O)OC(C)C)c3)CC2)ccc1CN1CCN[C@@H](C)C1. The second-order valence-corrected chi connectivity index (χ2v) is 11.6. The first-order valence-corrected chi connectivity index (χ1v) is 14.5. The molecule has 1 saturated heterocycles. The van der Waals surface area contributed by atoms with Gasteiger partial charge in [-0.05, 0) is 94.3 Å². The van der Waals surface area contributed by atoms with Gasteiger partial charge in [0.2, 0.25) is 5.91 Å². The summed E-state index contributed by atoms with van der Waals surface area (Å²) in [7, 11) is 1.90. The van der Waals surface area contributed by atoms with Gasteiger partial charge < -0.3 is 19.7 Å². The van der Waals surface area contributed by atoms with Gasteiger partial charge in [0.15, 0.2) is 0 Å². The van der Waals surface area contributed by atoms with Gasteiger partial charge in [0, 0.05) is 50.9 Å². The number of amides is 1. The number of carbonyl (C=O) groups is 2. The molecule has 2 fully saturated rings. The zero-order chi connectivity index (χ0) is 27.9. The first-order valence-electron chi connectivity index (χ1n) is 14.5. The van der Waals surface area contributed by atoms with Gasteiger partial charge in [0.1, 0.15) is 5.75 Å². The number of carbonyl (C=O) groups excluding carboxylic acids is 2. The van der Waals surface area contributed by atoms with Crippen molar-refractivity contribution in [1.29, 1.82) is 0 Å². The molecule has 1 N–H and O–H groups in total. The lowest BCUT2D eigenvalue weighted by atomic mass is 9.86. The molecule has 4 rings (SSSR count). The first-order chi connectivity index (χ1) is 18.7. The van der Waals surface area contributed by atoms with Crippen LogP contribution in [0.15, 0.2) is 42.5 Å². The summed E-state index contributed by atoms with van der Waals surface area (Å²) in [6, 6.07) is 14.6. The third-order valence-electron chi connectivity index (χ3n) is 7.83. The third-order valence-corrected chi connectivity index (χ3v) is 7.83. The Morgan fingerprint density at radius 1 is 1.10 bits per heavy atom. The lowest BCUT2D eigenvalue weighted by molar-refractivity contribution is -0.146. The molecule has 1 heterocycles. The van der Waals surface area contributed by atoms with E-state index in [1.807, 2.05) is 50.1 Å². The van der Waals surface area contributed by atoms with Gasteiger partial charge in [-0.2, -0.15) is 0 Å². The molecule has 0 spiro atoms. The Kier molecular flexibility index (Phi) is 10.0. The van der Waals surface area contributed by atoms with Crippen LogP contribution in [0.25, 0.3) is 0 Å². The first kappa shape index (κ1) is 29.1. The lowest BCUT2D eigenvalue weighted by Crippen LogP contribution is -2.48. The molecule has 39 heavy (non-hydrogen) atoms. The van der Waals surface area contributed by atoms with Crippen LogP contribution in [0.2, 0.25) is 0 Å². The fraction of sp³-hybridized carbons (Fsp3) is 0.562. The van der Waals surface area contributed by atoms with Crippen LogP contribution in [0.4, 0.5) is 5.69 Å². The number of piperazine rings is 1. The summed E-state index contributed by atoms with van der Waals surface area (Å²) in [6.45, 7) is 12.2. The lowest BCUT2D eigenvalue weighted by Gasteiger charge is -2.32. The van der Waals surface area contributed by atoms with Crippen LogP contribution in [0, 0.1) is 12.8 Å².